The van der Waals surface area contributed by atoms with E-state index in [1.165, 1.54) is 11.8 Å². The molecule has 0 saturated heterocycles. The summed E-state index contributed by atoms with van der Waals surface area (Å²) in [5, 5.41) is 17.3. The van der Waals surface area contributed by atoms with Gasteiger partial charge in [0.1, 0.15) is 16.8 Å². The van der Waals surface area contributed by atoms with E-state index in [9.17, 15) is 4.79 Å². The normalized spacial score (nSPS) is 10.9. The fourth-order valence-corrected chi connectivity index (χ4v) is 4.05. The molecule has 0 amide bonds. The van der Waals surface area contributed by atoms with E-state index in [1.807, 2.05) is 68.4 Å². The van der Waals surface area contributed by atoms with Gasteiger partial charge >= 0.3 is 5.97 Å². The van der Waals surface area contributed by atoms with Crippen LogP contribution in [0.15, 0.2) is 66.9 Å². The van der Waals surface area contributed by atoms with Gasteiger partial charge in [-0.3, -0.25) is 0 Å². The number of esters is 1. The van der Waals surface area contributed by atoms with Gasteiger partial charge in [-0.25, -0.2) is 9.78 Å². The summed E-state index contributed by atoms with van der Waals surface area (Å²) in [7, 11) is 1.61. The second-order valence-electron chi connectivity index (χ2n) is 8.49. The van der Waals surface area contributed by atoms with Crippen LogP contribution in [-0.4, -0.2) is 44.6 Å². The lowest BCUT2D eigenvalue weighted by Crippen LogP contribution is -2.11. The summed E-state index contributed by atoms with van der Waals surface area (Å²) < 4.78 is 12.3. The van der Waals surface area contributed by atoms with Crippen molar-refractivity contribution in [2.45, 2.75) is 20.8 Å². The highest BCUT2D eigenvalue weighted by molar-refractivity contribution is 5.96. The van der Waals surface area contributed by atoms with Crippen LogP contribution in [0.3, 0.4) is 0 Å². The zero-order valence-corrected chi connectivity index (χ0v) is 21.0. The Morgan fingerprint density at radius 2 is 1.84 bits per heavy atom. The van der Waals surface area contributed by atoms with Gasteiger partial charge in [0.05, 0.1) is 25.6 Å². The molecule has 0 atom stereocenters. The quantitative estimate of drug-likeness (QED) is 0.299. The van der Waals surface area contributed by atoms with E-state index in [-0.39, 0.29) is 12.2 Å². The molecule has 9 heteroatoms. The van der Waals surface area contributed by atoms with Crippen molar-refractivity contribution in [1.29, 1.82) is 0 Å². The number of aromatic nitrogens is 5. The molecule has 0 unspecified atom stereocenters. The monoisotopic (exact) mass is 494 g/mol. The minimum Gasteiger partial charge on any atom is -0.494 e. The summed E-state index contributed by atoms with van der Waals surface area (Å²) in [6.45, 7) is 6.02. The largest absolute Gasteiger partial charge is 0.494 e. The number of anilines is 2. The average Bonchev–Trinajstić information content (AvgIpc) is 3.33. The van der Waals surface area contributed by atoms with E-state index in [0.29, 0.717) is 28.7 Å². The summed E-state index contributed by atoms with van der Waals surface area (Å²) in [5.41, 5.74) is 4.81. The lowest BCUT2D eigenvalue weighted by atomic mass is 10.1. The van der Waals surface area contributed by atoms with Gasteiger partial charge in [-0.15, -0.1) is 10.2 Å². The number of hydrogen-bond donors (Lipinski definition) is 1. The second kappa shape index (κ2) is 10.1. The third-order valence-electron chi connectivity index (χ3n) is 5.96. The van der Waals surface area contributed by atoms with E-state index in [4.69, 9.17) is 14.5 Å². The van der Waals surface area contributed by atoms with Gasteiger partial charge in [-0.2, -0.15) is 9.78 Å². The van der Waals surface area contributed by atoms with Crippen LogP contribution in [-0.2, 0) is 4.74 Å². The number of benzene rings is 2. The Morgan fingerprint density at radius 3 is 2.54 bits per heavy atom. The minimum absolute atomic E-state index is 0.235. The van der Waals surface area contributed by atoms with Crippen LogP contribution in [0.5, 0.6) is 5.75 Å². The van der Waals surface area contributed by atoms with E-state index in [2.05, 4.69) is 20.6 Å². The number of carbonyl (C=O) groups is 1. The Morgan fingerprint density at radius 1 is 1.03 bits per heavy atom. The molecule has 5 rings (SSSR count). The molecule has 186 valence electrons. The van der Waals surface area contributed by atoms with Crippen molar-refractivity contribution >= 4 is 28.5 Å². The number of ether oxygens (including phenoxy) is 2. The van der Waals surface area contributed by atoms with Crippen molar-refractivity contribution in [3.8, 4) is 22.8 Å². The zero-order chi connectivity index (χ0) is 25.9. The molecular formula is C28H26N6O3. The molecule has 5 aromatic rings. The van der Waals surface area contributed by atoms with Gasteiger partial charge in [0.15, 0.2) is 17.5 Å². The van der Waals surface area contributed by atoms with Crippen molar-refractivity contribution < 1.29 is 14.3 Å². The Labute approximate surface area is 214 Å². The number of methoxy groups -OCH3 is 1. The van der Waals surface area contributed by atoms with E-state index in [1.54, 1.807) is 24.8 Å². The van der Waals surface area contributed by atoms with Gasteiger partial charge in [-0.05, 0) is 50.6 Å². The molecule has 37 heavy (non-hydrogen) atoms. The van der Waals surface area contributed by atoms with Crippen molar-refractivity contribution in [2.24, 2.45) is 0 Å². The van der Waals surface area contributed by atoms with Crippen LogP contribution >= 0.6 is 0 Å². The van der Waals surface area contributed by atoms with E-state index in [0.717, 1.165) is 22.2 Å². The lowest BCUT2D eigenvalue weighted by Gasteiger charge is -2.13. The number of hydrogen-bond acceptors (Lipinski definition) is 8. The molecule has 1 N–H and O–H groups in total. The summed E-state index contributed by atoms with van der Waals surface area (Å²) in [6, 6.07) is 19.4. The molecule has 0 aliphatic rings. The molecule has 0 aliphatic heterocycles. The van der Waals surface area contributed by atoms with Crippen LogP contribution in [0.2, 0.25) is 0 Å². The number of fused-ring (bicyclic) bond motifs is 1. The van der Waals surface area contributed by atoms with Crippen molar-refractivity contribution in [3.05, 3.63) is 83.6 Å². The van der Waals surface area contributed by atoms with Gasteiger partial charge in [0, 0.05) is 10.9 Å². The van der Waals surface area contributed by atoms with Gasteiger partial charge < -0.3 is 14.8 Å². The fourth-order valence-electron chi connectivity index (χ4n) is 4.05. The maximum Gasteiger partial charge on any atom is 0.343 e. The molecule has 0 radical (unpaired) electrons. The standard InChI is InChI=1S/C28H26N6O3/c1-5-37-28(35)21-16-29-34(25-15-18(3)20-7-6-8-23(36-4)26(20)31-25)27(21)30-24-14-13-22(32-33-24)19-11-9-17(2)10-12-19/h6-16H,5H2,1-4H3,(H,30,33). The number of nitrogens with one attached hydrogen (secondary N) is 1. The SMILES string of the molecule is CCOC(=O)c1cnn(-c2cc(C)c3cccc(OC)c3n2)c1Nc1ccc(-c2ccc(C)cc2)nn1. The van der Waals surface area contributed by atoms with Crippen LogP contribution in [0.25, 0.3) is 28.0 Å². The van der Waals surface area contributed by atoms with E-state index >= 15 is 0 Å². The highest BCUT2D eigenvalue weighted by atomic mass is 16.5. The minimum atomic E-state index is -0.504. The van der Waals surface area contributed by atoms with Gasteiger partial charge in [0.2, 0.25) is 0 Å². The van der Waals surface area contributed by atoms with Gasteiger partial charge in [0.25, 0.3) is 0 Å². The number of nitrogens with zero attached hydrogens (tertiary/aromatic N) is 5. The third kappa shape index (κ3) is 4.71. The lowest BCUT2D eigenvalue weighted by molar-refractivity contribution is 0.0527. The molecule has 0 spiro atoms. The van der Waals surface area contributed by atoms with Crippen LogP contribution < -0.4 is 10.1 Å². The Kier molecular flexibility index (Phi) is 6.51. The number of pyridine rings is 1. The molecule has 3 heterocycles. The highest BCUT2D eigenvalue weighted by Gasteiger charge is 2.22. The summed E-state index contributed by atoms with van der Waals surface area (Å²) in [6.07, 6.45) is 1.46. The molecule has 3 aromatic heterocycles. The van der Waals surface area contributed by atoms with Crippen LogP contribution in [0.4, 0.5) is 11.6 Å². The van der Waals surface area contributed by atoms with Crippen molar-refractivity contribution in [2.75, 3.05) is 19.0 Å². The van der Waals surface area contributed by atoms with E-state index < -0.39 is 5.97 Å². The maximum atomic E-state index is 12.8. The van der Waals surface area contributed by atoms with Crippen molar-refractivity contribution in [3.63, 3.8) is 0 Å². The predicted octanol–water partition coefficient (Wildman–Crippen LogP) is 5.42. The molecule has 9 nitrogen and oxygen atoms in total. The topological polar surface area (TPSA) is 104 Å². The Hall–Kier alpha value is -4.79. The highest BCUT2D eigenvalue weighted by Crippen LogP contribution is 2.30. The molecule has 0 saturated carbocycles. The number of para-hydroxylation sites is 1. The van der Waals surface area contributed by atoms with Crippen LogP contribution in [0.1, 0.15) is 28.4 Å². The summed E-state index contributed by atoms with van der Waals surface area (Å²) in [5.74, 6) is 1.47. The zero-order valence-electron chi connectivity index (χ0n) is 21.0. The number of carbonyl (C=O) groups excluding carboxylic acids is 1. The third-order valence-corrected chi connectivity index (χ3v) is 5.96. The molecule has 0 aliphatic carbocycles. The predicted molar refractivity (Wildman–Crippen MR) is 142 cm³/mol. The first-order valence-corrected chi connectivity index (χ1v) is 11.9. The smallest absolute Gasteiger partial charge is 0.343 e. The number of aryl methyl sites for hydroxylation is 2. The van der Waals surface area contributed by atoms with Crippen LogP contribution in [0, 0.1) is 13.8 Å². The Balaban J connectivity index is 1.57. The van der Waals surface area contributed by atoms with Crippen molar-refractivity contribution in [1.82, 2.24) is 25.0 Å². The molecule has 2 aromatic carbocycles. The molecule has 0 fully saturated rings. The maximum absolute atomic E-state index is 12.8. The first-order valence-electron chi connectivity index (χ1n) is 11.9. The first-order chi connectivity index (χ1) is 18.0. The summed E-state index contributed by atoms with van der Waals surface area (Å²) >= 11 is 0. The second-order valence-corrected chi connectivity index (χ2v) is 8.49. The fraction of sp³-hybridized carbons (Fsp3) is 0.179. The van der Waals surface area contributed by atoms with Gasteiger partial charge in [-0.1, -0.05) is 42.0 Å². The molecule has 0 bridgehead atoms. The molecular weight excluding hydrogens is 468 g/mol. The first kappa shape index (κ1) is 23.9. The Bertz CT molecular complexity index is 1580. The summed E-state index contributed by atoms with van der Waals surface area (Å²) in [4.78, 5) is 17.6. The number of rotatable bonds is 7. The average molecular weight is 495 g/mol.